The first-order chi connectivity index (χ1) is 10.6. The summed E-state index contributed by atoms with van der Waals surface area (Å²) in [6.45, 7) is 1.90. The Morgan fingerprint density at radius 2 is 2.23 bits per heavy atom. The molecule has 1 aliphatic heterocycles. The molecule has 0 fully saturated rings. The van der Waals surface area contributed by atoms with Gasteiger partial charge in [0.15, 0.2) is 6.61 Å². The van der Waals surface area contributed by atoms with Gasteiger partial charge in [-0.25, -0.2) is 0 Å². The van der Waals surface area contributed by atoms with Crippen LogP contribution in [0, 0.1) is 0 Å². The largest absolute Gasteiger partial charge is 0.482 e. The van der Waals surface area contributed by atoms with Crippen molar-refractivity contribution in [2.45, 2.75) is 13.0 Å². The zero-order valence-electron chi connectivity index (χ0n) is 12.0. The van der Waals surface area contributed by atoms with Gasteiger partial charge in [0, 0.05) is 6.20 Å². The maximum Gasteiger partial charge on any atom is 0.270 e. The Labute approximate surface area is 127 Å². The smallest absolute Gasteiger partial charge is 0.270 e. The molecule has 0 radical (unpaired) electrons. The van der Waals surface area contributed by atoms with Crippen molar-refractivity contribution in [2.75, 3.05) is 11.9 Å². The van der Waals surface area contributed by atoms with Gasteiger partial charge in [-0.05, 0) is 36.8 Å². The monoisotopic (exact) mass is 297 g/mol. The molecule has 0 aliphatic carbocycles. The van der Waals surface area contributed by atoms with Gasteiger partial charge in [-0.2, -0.15) is 0 Å². The van der Waals surface area contributed by atoms with E-state index in [0.717, 1.165) is 5.56 Å². The summed E-state index contributed by atoms with van der Waals surface area (Å²) in [6, 6.07) is 10.4. The van der Waals surface area contributed by atoms with Crippen molar-refractivity contribution in [3.05, 3.63) is 53.9 Å². The van der Waals surface area contributed by atoms with Crippen LogP contribution in [-0.4, -0.2) is 23.4 Å². The lowest BCUT2D eigenvalue weighted by Gasteiger charge is -2.20. The van der Waals surface area contributed by atoms with Crippen molar-refractivity contribution in [3.8, 4) is 5.75 Å². The summed E-state index contributed by atoms with van der Waals surface area (Å²) in [7, 11) is 0. The molecule has 0 saturated carbocycles. The highest BCUT2D eigenvalue weighted by Crippen LogP contribution is 2.30. The number of aromatic nitrogens is 1. The van der Waals surface area contributed by atoms with Gasteiger partial charge >= 0.3 is 0 Å². The van der Waals surface area contributed by atoms with Crippen LogP contribution in [-0.2, 0) is 4.79 Å². The molecule has 0 spiro atoms. The molecule has 0 bridgehead atoms. The number of nitrogens with one attached hydrogen (secondary N) is 2. The second-order valence-electron chi connectivity index (χ2n) is 5.00. The van der Waals surface area contributed by atoms with Gasteiger partial charge in [-0.15, -0.1) is 0 Å². The molecule has 3 rings (SSSR count). The van der Waals surface area contributed by atoms with Crippen molar-refractivity contribution in [2.24, 2.45) is 0 Å². The Morgan fingerprint density at radius 3 is 3.00 bits per heavy atom. The highest BCUT2D eigenvalue weighted by Gasteiger charge is 2.18. The molecule has 0 unspecified atom stereocenters. The Hall–Kier alpha value is -2.89. The summed E-state index contributed by atoms with van der Waals surface area (Å²) in [5.74, 6) is 0.201. The lowest BCUT2D eigenvalue weighted by Crippen LogP contribution is -2.28. The standard InChI is InChI=1S/C16H15N3O3/c1-10(18-16(21)12-4-2-3-7-17-12)11-5-6-14-13(8-11)19-15(20)9-22-14/h2-8,10H,9H2,1H3,(H,18,21)(H,19,20)/t10-/m1/s1. The van der Waals surface area contributed by atoms with E-state index in [9.17, 15) is 9.59 Å². The lowest BCUT2D eigenvalue weighted by molar-refractivity contribution is -0.118. The van der Waals surface area contributed by atoms with Crippen LogP contribution in [0.3, 0.4) is 0 Å². The van der Waals surface area contributed by atoms with E-state index in [1.807, 2.05) is 13.0 Å². The summed E-state index contributed by atoms with van der Waals surface area (Å²) in [5, 5.41) is 5.63. The zero-order chi connectivity index (χ0) is 15.5. The number of carbonyl (C=O) groups is 2. The first-order valence-corrected chi connectivity index (χ1v) is 6.92. The summed E-state index contributed by atoms with van der Waals surface area (Å²) in [4.78, 5) is 27.5. The molecule has 1 aliphatic rings. The van der Waals surface area contributed by atoms with E-state index in [0.29, 0.717) is 17.1 Å². The van der Waals surface area contributed by atoms with Gasteiger partial charge in [0.2, 0.25) is 0 Å². The molecule has 112 valence electrons. The molecule has 1 aromatic heterocycles. The Morgan fingerprint density at radius 1 is 1.36 bits per heavy atom. The SMILES string of the molecule is C[C@@H](NC(=O)c1ccccn1)c1ccc2c(c1)NC(=O)CO2. The molecule has 2 N–H and O–H groups in total. The van der Waals surface area contributed by atoms with E-state index < -0.39 is 0 Å². The van der Waals surface area contributed by atoms with Crippen LogP contribution in [0.15, 0.2) is 42.6 Å². The number of benzene rings is 1. The highest BCUT2D eigenvalue weighted by molar-refractivity contribution is 5.95. The summed E-state index contributed by atoms with van der Waals surface area (Å²) in [5.41, 5.74) is 1.85. The quantitative estimate of drug-likeness (QED) is 0.906. The number of ether oxygens (including phenoxy) is 1. The number of hydrogen-bond donors (Lipinski definition) is 2. The minimum absolute atomic E-state index is 0.0261. The summed E-state index contributed by atoms with van der Waals surface area (Å²) >= 11 is 0. The minimum atomic E-state index is -0.244. The Kier molecular flexibility index (Phi) is 3.74. The van der Waals surface area contributed by atoms with Gasteiger partial charge in [0.05, 0.1) is 11.7 Å². The molecule has 1 atom stereocenters. The third-order valence-electron chi connectivity index (χ3n) is 3.38. The van der Waals surface area contributed by atoms with E-state index in [4.69, 9.17) is 4.74 Å². The Bertz CT molecular complexity index is 716. The van der Waals surface area contributed by atoms with Crippen LogP contribution in [0.5, 0.6) is 5.75 Å². The van der Waals surface area contributed by atoms with Crippen LogP contribution >= 0.6 is 0 Å². The lowest BCUT2D eigenvalue weighted by atomic mass is 10.1. The molecule has 22 heavy (non-hydrogen) atoms. The molecular formula is C16H15N3O3. The first-order valence-electron chi connectivity index (χ1n) is 6.92. The molecular weight excluding hydrogens is 282 g/mol. The second-order valence-corrected chi connectivity index (χ2v) is 5.00. The minimum Gasteiger partial charge on any atom is -0.482 e. The maximum atomic E-state index is 12.1. The van der Waals surface area contributed by atoms with E-state index in [-0.39, 0.29) is 24.5 Å². The summed E-state index contributed by atoms with van der Waals surface area (Å²) in [6.07, 6.45) is 1.57. The van der Waals surface area contributed by atoms with Gasteiger partial charge in [0.25, 0.3) is 11.8 Å². The third-order valence-corrected chi connectivity index (χ3v) is 3.38. The van der Waals surface area contributed by atoms with Crippen molar-refractivity contribution >= 4 is 17.5 Å². The number of hydrogen-bond acceptors (Lipinski definition) is 4. The fourth-order valence-electron chi connectivity index (χ4n) is 2.22. The number of amides is 2. The van der Waals surface area contributed by atoms with Crippen LogP contribution in [0.25, 0.3) is 0 Å². The van der Waals surface area contributed by atoms with E-state index in [1.165, 1.54) is 0 Å². The summed E-state index contributed by atoms with van der Waals surface area (Å²) < 4.78 is 5.31. The maximum absolute atomic E-state index is 12.1. The van der Waals surface area contributed by atoms with Gasteiger partial charge < -0.3 is 15.4 Å². The Balaban J connectivity index is 1.75. The topological polar surface area (TPSA) is 80.3 Å². The van der Waals surface area contributed by atoms with Gasteiger partial charge in [0.1, 0.15) is 11.4 Å². The van der Waals surface area contributed by atoms with E-state index >= 15 is 0 Å². The van der Waals surface area contributed by atoms with Gasteiger partial charge in [-0.1, -0.05) is 12.1 Å². The molecule has 6 nitrogen and oxygen atoms in total. The van der Waals surface area contributed by atoms with Crippen molar-refractivity contribution in [1.82, 2.24) is 10.3 Å². The third kappa shape index (κ3) is 2.90. The van der Waals surface area contributed by atoms with Crippen molar-refractivity contribution in [1.29, 1.82) is 0 Å². The number of anilines is 1. The van der Waals surface area contributed by atoms with Crippen molar-refractivity contribution < 1.29 is 14.3 Å². The number of carbonyl (C=O) groups excluding carboxylic acids is 2. The van der Waals surface area contributed by atoms with Gasteiger partial charge in [-0.3, -0.25) is 14.6 Å². The predicted octanol–water partition coefficient (Wildman–Crippen LogP) is 1.90. The van der Waals surface area contributed by atoms with E-state index in [2.05, 4.69) is 15.6 Å². The molecule has 0 saturated heterocycles. The molecule has 1 aromatic carbocycles. The average Bonchev–Trinajstić information content (AvgIpc) is 2.54. The normalized spacial score (nSPS) is 14.3. The van der Waals surface area contributed by atoms with Crippen LogP contribution in [0.1, 0.15) is 29.0 Å². The first kappa shape index (κ1) is 14.1. The molecule has 2 amide bonds. The average molecular weight is 297 g/mol. The van der Waals surface area contributed by atoms with Crippen LogP contribution in [0.2, 0.25) is 0 Å². The number of fused-ring (bicyclic) bond motifs is 1. The zero-order valence-corrected chi connectivity index (χ0v) is 12.0. The number of pyridine rings is 1. The number of nitrogens with zero attached hydrogens (tertiary/aromatic N) is 1. The van der Waals surface area contributed by atoms with Crippen LogP contribution < -0.4 is 15.4 Å². The molecule has 2 aromatic rings. The van der Waals surface area contributed by atoms with Crippen molar-refractivity contribution in [3.63, 3.8) is 0 Å². The van der Waals surface area contributed by atoms with E-state index in [1.54, 1.807) is 36.5 Å². The molecule has 2 heterocycles. The fourth-order valence-corrected chi connectivity index (χ4v) is 2.22. The van der Waals surface area contributed by atoms with Crippen LogP contribution in [0.4, 0.5) is 5.69 Å². The second kappa shape index (κ2) is 5.85. The predicted molar refractivity (Wildman–Crippen MR) is 80.7 cm³/mol. The highest BCUT2D eigenvalue weighted by atomic mass is 16.5. The number of rotatable bonds is 3. The molecule has 6 heteroatoms. The fraction of sp³-hybridized carbons (Fsp3) is 0.188.